The van der Waals surface area contributed by atoms with E-state index in [9.17, 15) is 0 Å². The molecule has 0 radical (unpaired) electrons. The average molecular weight is 489 g/mol. The minimum atomic E-state index is 0.800. The maximum absolute atomic E-state index is 5.32. The number of nitrogens with one attached hydrogen (secondary N) is 3. The van der Waals surface area contributed by atoms with E-state index < -0.39 is 0 Å². The van der Waals surface area contributed by atoms with Crippen LogP contribution >= 0.6 is 0 Å². The Balaban J connectivity index is 1.20. The predicted molar refractivity (Wildman–Crippen MR) is 146 cm³/mol. The van der Waals surface area contributed by atoms with E-state index in [0.29, 0.717) is 0 Å². The first-order chi connectivity index (χ1) is 18.3. The molecule has 6 aromatic rings. The van der Waals surface area contributed by atoms with Gasteiger partial charge in [-0.05, 0) is 72.8 Å². The number of pyridine rings is 2. The van der Waals surface area contributed by atoms with Crippen LogP contribution in [0.1, 0.15) is 31.2 Å². The molecule has 0 bridgehead atoms. The Morgan fingerprint density at radius 3 is 2.81 bits per heavy atom. The molecule has 1 saturated carbocycles. The van der Waals surface area contributed by atoms with Crippen LogP contribution in [0.2, 0.25) is 0 Å². The van der Waals surface area contributed by atoms with Gasteiger partial charge in [0.05, 0.1) is 29.4 Å². The largest absolute Gasteiger partial charge is 0.472 e. The summed E-state index contributed by atoms with van der Waals surface area (Å²) in [4.78, 5) is 13.1. The molecule has 0 spiro atoms. The zero-order valence-electron chi connectivity index (χ0n) is 20.5. The second kappa shape index (κ2) is 9.33. The molecular weight excluding hydrogens is 460 g/mol. The quantitative estimate of drug-likeness (QED) is 0.232. The van der Waals surface area contributed by atoms with Crippen LogP contribution < -0.4 is 5.32 Å². The minimum Gasteiger partial charge on any atom is -0.472 e. The van der Waals surface area contributed by atoms with Gasteiger partial charge in [-0.2, -0.15) is 5.10 Å². The van der Waals surface area contributed by atoms with Crippen molar-refractivity contribution < 1.29 is 4.42 Å². The number of furan rings is 1. The number of H-pyrrole nitrogens is 2. The second-order valence-corrected chi connectivity index (χ2v) is 9.99. The highest BCUT2D eigenvalue weighted by Gasteiger charge is 2.16. The maximum Gasteiger partial charge on any atom is 0.135 e. The fourth-order valence-corrected chi connectivity index (χ4v) is 5.56. The van der Waals surface area contributed by atoms with Crippen molar-refractivity contribution in [3.05, 3.63) is 79.0 Å². The molecule has 0 atom stereocenters. The Labute approximate surface area is 214 Å². The maximum atomic E-state index is 5.32. The number of nitrogens with zero attached hydrogens (tertiary/aromatic N) is 3. The van der Waals surface area contributed by atoms with Crippen molar-refractivity contribution in [2.75, 3.05) is 6.54 Å². The Morgan fingerprint density at radius 1 is 0.973 bits per heavy atom. The summed E-state index contributed by atoms with van der Waals surface area (Å²) in [5.74, 6) is 0.820. The molecule has 7 nitrogen and oxygen atoms in total. The smallest absolute Gasteiger partial charge is 0.135 e. The number of rotatable bonds is 7. The predicted octanol–water partition coefficient (Wildman–Crippen LogP) is 6.71. The zero-order chi connectivity index (χ0) is 24.6. The van der Waals surface area contributed by atoms with E-state index in [1.54, 1.807) is 12.5 Å². The van der Waals surface area contributed by atoms with Crippen molar-refractivity contribution in [3.63, 3.8) is 0 Å². The van der Waals surface area contributed by atoms with Crippen molar-refractivity contribution in [2.24, 2.45) is 5.92 Å². The number of hydrogen-bond donors (Lipinski definition) is 3. The van der Waals surface area contributed by atoms with Crippen LogP contribution in [0.15, 0.2) is 77.9 Å². The molecule has 5 heterocycles. The van der Waals surface area contributed by atoms with Gasteiger partial charge in [-0.25, -0.2) is 4.98 Å². The summed E-state index contributed by atoms with van der Waals surface area (Å²) < 4.78 is 5.32. The molecule has 1 aromatic carbocycles. The monoisotopic (exact) mass is 488 g/mol. The number of benzene rings is 1. The highest BCUT2D eigenvalue weighted by molar-refractivity contribution is 6.00. The fourth-order valence-electron chi connectivity index (χ4n) is 5.56. The van der Waals surface area contributed by atoms with E-state index in [1.165, 1.54) is 31.2 Å². The third kappa shape index (κ3) is 4.21. The zero-order valence-corrected chi connectivity index (χ0v) is 20.5. The SMILES string of the molecule is c1cc(-c2ccoc2)c2cc(-c3n[nH]c4ccc(-c5cncc(CNCC6CCCC6)c5)nc34)[nH]c2c1. The van der Waals surface area contributed by atoms with Crippen LogP contribution in [0.25, 0.3) is 55.7 Å². The third-order valence-electron chi connectivity index (χ3n) is 7.49. The van der Waals surface area contributed by atoms with E-state index in [1.807, 2.05) is 36.7 Å². The highest BCUT2D eigenvalue weighted by atomic mass is 16.3. The topological polar surface area (TPSA) is 95.4 Å². The summed E-state index contributed by atoms with van der Waals surface area (Å²) in [5, 5.41) is 12.5. The van der Waals surface area contributed by atoms with Crippen molar-refractivity contribution >= 4 is 21.9 Å². The summed E-state index contributed by atoms with van der Waals surface area (Å²) in [6.07, 6.45) is 12.7. The van der Waals surface area contributed by atoms with Gasteiger partial charge >= 0.3 is 0 Å². The normalized spacial score (nSPS) is 14.3. The number of fused-ring (bicyclic) bond motifs is 2. The van der Waals surface area contributed by atoms with Crippen LogP contribution in [0.5, 0.6) is 0 Å². The number of aromatic nitrogens is 5. The Morgan fingerprint density at radius 2 is 1.92 bits per heavy atom. The molecule has 184 valence electrons. The first-order valence-corrected chi connectivity index (χ1v) is 13.0. The van der Waals surface area contributed by atoms with Gasteiger partial charge in [0.25, 0.3) is 0 Å². The first kappa shape index (κ1) is 22.0. The van der Waals surface area contributed by atoms with Gasteiger partial charge in [-0.3, -0.25) is 10.1 Å². The molecule has 3 N–H and O–H groups in total. The molecule has 0 amide bonds. The van der Waals surface area contributed by atoms with E-state index in [2.05, 4.69) is 49.7 Å². The van der Waals surface area contributed by atoms with Crippen LogP contribution in [0.3, 0.4) is 0 Å². The van der Waals surface area contributed by atoms with Gasteiger partial charge in [-0.1, -0.05) is 25.0 Å². The highest BCUT2D eigenvalue weighted by Crippen LogP contribution is 2.34. The lowest BCUT2D eigenvalue weighted by Crippen LogP contribution is -2.20. The summed E-state index contributed by atoms with van der Waals surface area (Å²) in [7, 11) is 0. The first-order valence-electron chi connectivity index (χ1n) is 13.0. The van der Waals surface area contributed by atoms with Crippen LogP contribution in [-0.4, -0.2) is 31.7 Å². The van der Waals surface area contributed by atoms with Crippen LogP contribution in [-0.2, 0) is 6.54 Å². The molecule has 5 aromatic heterocycles. The van der Waals surface area contributed by atoms with Crippen LogP contribution in [0.4, 0.5) is 0 Å². The lowest BCUT2D eigenvalue weighted by atomic mass is 10.0. The molecule has 1 fully saturated rings. The Hall–Kier alpha value is -4.23. The number of hydrogen-bond acceptors (Lipinski definition) is 5. The molecule has 1 aliphatic carbocycles. The third-order valence-corrected chi connectivity index (χ3v) is 7.49. The number of aromatic amines is 2. The van der Waals surface area contributed by atoms with Gasteiger partial charge in [0.1, 0.15) is 11.2 Å². The van der Waals surface area contributed by atoms with Gasteiger partial charge in [0, 0.05) is 41.0 Å². The lowest BCUT2D eigenvalue weighted by molar-refractivity contribution is 0.489. The summed E-state index contributed by atoms with van der Waals surface area (Å²) in [6, 6.07) is 16.6. The molecule has 7 rings (SSSR count). The Kier molecular flexibility index (Phi) is 5.55. The molecule has 0 unspecified atom stereocenters. The molecule has 0 aliphatic heterocycles. The Bertz CT molecular complexity index is 1670. The van der Waals surface area contributed by atoms with E-state index >= 15 is 0 Å². The standard InChI is InChI=1S/C30H28N6O/c1-2-5-19(4-1)14-31-15-20-12-22(17-32-16-20)25-8-9-27-29(34-25)30(36-35-27)28-13-24-23(21-10-11-37-18-21)6-3-7-26(24)33-28/h3,6-13,16-19,31,33H,1-2,4-5,14-15H2,(H,35,36). The van der Waals surface area contributed by atoms with Gasteiger partial charge in [0.2, 0.25) is 0 Å². The minimum absolute atomic E-state index is 0.800. The van der Waals surface area contributed by atoms with Crippen molar-refractivity contribution in [2.45, 2.75) is 32.2 Å². The van der Waals surface area contributed by atoms with E-state index in [-0.39, 0.29) is 0 Å². The van der Waals surface area contributed by atoms with Gasteiger partial charge < -0.3 is 14.7 Å². The molecule has 37 heavy (non-hydrogen) atoms. The van der Waals surface area contributed by atoms with Gasteiger partial charge in [0.15, 0.2) is 0 Å². The average Bonchev–Trinajstić information content (AvgIpc) is 3.74. The fraction of sp³-hybridized carbons (Fsp3) is 0.233. The molecular formula is C30H28N6O. The molecule has 0 saturated heterocycles. The van der Waals surface area contributed by atoms with E-state index in [4.69, 9.17) is 9.40 Å². The second-order valence-electron chi connectivity index (χ2n) is 9.99. The molecule has 1 aliphatic rings. The van der Waals surface area contributed by atoms with Crippen molar-refractivity contribution in [3.8, 4) is 33.8 Å². The van der Waals surface area contributed by atoms with E-state index in [0.717, 1.165) is 74.7 Å². The van der Waals surface area contributed by atoms with Gasteiger partial charge in [-0.15, -0.1) is 0 Å². The van der Waals surface area contributed by atoms with Crippen molar-refractivity contribution in [1.82, 2.24) is 30.5 Å². The van der Waals surface area contributed by atoms with Crippen LogP contribution in [0, 0.1) is 5.92 Å². The molecule has 7 heteroatoms. The summed E-state index contributed by atoms with van der Waals surface area (Å²) in [5.41, 5.74) is 9.73. The summed E-state index contributed by atoms with van der Waals surface area (Å²) >= 11 is 0. The van der Waals surface area contributed by atoms with Crippen molar-refractivity contribution in [1.29, 1.82) is 0 Å². The summed E-state index contributed by atoms with van der Waals surface area (Å²) in [6.45, 7) is 1.91. The lowest BCUT2D eigenvalue weighted by Gasteiger charge is -2.11.